The number of amides is 3. The molecule has 7 heteroatoms. The van der Waals surface area contributed by atoms with Crippen LogP contribution >= 0.6 is 0 Å². The molecule has 3 heterocycles. The largest absolute Gasteiger partial charge is 0.360 e. The Kier molecular flexibility index (Phi) is 5.73. The van der Waals surface area contributed by atoms with Crippen molar-refractivity contribution in [1.29, 1.82) is 0 Å². The molecule has 2 unspecified atom stereocenters. The number of nitrogens with zero attached hydrogens (tertiary/aromatic N) is 1. The highest BCUT2D eigenvalue weighted by molar-refractivity contribution is 6.03. The van der Waals surface area contributed by atoms with Crippen molar-refractivity contribution in [2.75, 3.05) is 16.8 Å². The van der Waals surface area contributed by atoms with Crippen molar-refractivity contribution in [2.24, 2.45) is 11.8 Å². The molecule has 176 valence electrons. The number of rotatable bonds is 7. The minimum atomic E-state index is -0.770. The number of carbonyl (C=O) groups excluding carboxylic acids is 3. The van der Waals surface area contributed by atoms with E-state index in [-0.39, 0.29) is 29.9 Å². The molecule has 3 aliphatic heterocycles. The Morgan fingerprint density at radius 1 is 1.15 bits per heavy atom. The second-order valence-corrected chi connectivity index (χ2v) is 9.49. The van der Waals surface area contributed by atoms with Gasteiger partial charge in [-0.15, -0.1) is 0 Å². The number of hydrogen-bond acceptors (Lipinski definition) is 4. The highest BCUT2D eigenvalue weighted by atomic mass is 16.5. The van der Waals surface area contributed by atoms with Crippen LogP contribution in [0.5, 0.6) is 0 Å². The summed E-state index contributed by atoms with van der Waals surface area (Å²) >= 11 is 0. The zero-order chi connectivity index (χ0) is 23.9. The lowest BCUT2D eigenvalue weighted by Gasteiger charge is -2.25. The summed E-state index contributed by atoms with van der Waals surface area (Å²) in [4.78, 5) is 39.8. The van der Waals surface area contributed by atoms with Crippen LogP contribution in [-0.4, -0.2) is 42.0 Å². The van der Waals surface area contributed by atoms with Crippen LogP contribution < -0.4 is 15.5 Å². The molecule has 0 saturated carbocycles. The first-order chi connectivity index (χ1) is 16.4. The Morgan fingerprint density at radius 2 is 1.88 bits per heavy atom. The minimum Gasteiger partial charge on any atom is -0.360 e. The normalized spacial score (nSPS) is 27.5. The summed E-state index contributed by atoms with van der Waals surface area (Å²) in [5.74, 6) is -1.46. The first kappa shape index (κ1) is 22.3. The number of carbonyl (C=O) groups is 3. The molecular formula is C27H29N3O4. The van der Waals surface area contributed by atoms with Crippen LogP contribution in [0.15, 0.2) is 66.7 Å². The molecule has 34 heavy (non-hydrogen) atoms. The van der Waals surface area contributed by atoms with Crippen LogP contribution in [0.1, 0.15) is 25.8 Å². The predicted molar refractivity (Wildman–Crippen MR) is 129 cm³/mol. The molecule has 2 N–H and O–H groups in total. The molecule has 0 aromatic heterocycles. The molecule has 0 aliphatic carbocycles. The van der Waals surface area contributed by atoms with E-state index in [1.165, 1.54) is 12.5 Å². The molecule has 1 spiro atoms. The van der Waals surface area contributed by atoms with Crippen LogP contribution in [0, 0.1) is 11.8 Å². The molecule has 2 aromatic carbocycles. The van der Waals surface area contributed by atoms with Crippen molar-refractivity contribution in [2.45, 2.75) is 44.4 Å². The summed E-state index contributed by atoms with van der Waals surface area (Å²) < 4.78 is 6.24. The van der Waals surface area contributed by atoms with Crippen molar-refractivity contribution in [3.8, 4) is 0 Å². The average molecular weight is 460 g/mol. The Balaban J connectivity index is 1.27. The maximum absolute atomic E-state index is 13.5. The third-order valence-electron chi connectivity index (χ3n) is 7.00. The van der Waals surface area contributed by atoms with Gasteiger partial charge in [0.1, 0.15) is 5.60 Å². The second kappa shape index (κ2) is 8.72. The summed E-state index contributed by atoms with van der Waals surface area (Å²) in [7, 11) is 0. The van der Waals surface area contributed by atoms with E-state index in [0.29, 0.717) is 12.2 Å². The number of nitrogens with one attached hydrogen (secondary N) is 2. The van der Waals surface area contributed by atoms with Gasteiger partial charge in [0, 0.05) is 24.3 Å². The summed E-state index contributed by atoms with van der Waals surface area (Å²) in [5, 5.41) is 5.85. The van der Waals surface area contributed by atoms with Crippen molar-refractivity contribution in [1.82, 2.24) is 5.32 Å². The van der Waals surface area contributed by atoms with E-state index < -0.39 is 17.4 Å². The zero-order valence-electron chi connectivity index (χ0n) is 19.4. The van der Waals surface area contributed by atoms with Crippen LogP contribution in [0.4, 0.5) is 11.4 Å². The number of aryl methyl sites for hydroxylation is 1. The molecule has 2 aromatic rings. The van der Waals surface area contributed by atoms with Gasteiger partial charge in [-0.2, -0.15) is 0 Å². The van der Waals surface area contributed by atoms with Crippen molar-refractivity contribution >= 4 is 29.1 Å². The third kappa shape index (κ3) is 4.01. The molecule has 3 aliphatic rings. The first-order valence-corrected chi connectivity index (χ1v) is 11.8. The van der Waals surface area contributed by atoms with Crippen molar-refractivity contribution in [3.05, 3.63) is 72.3 Å². The number of benzene rings is 2. The first-order valence-electron chi connectivity index (χ1n) is 11.8. The van der Waals surface area contributed by atoms with E-state index in [0.717, 1.165) is 18.5 Å². The van der Waals surface area contributed by atoms with Gasteiger partial charge in [-0.05, 0) is 49.6 Å². The SMILES string of the molecule is CC(=O)Nc1ccc(N2C[C@]34C=C[C@H](O3)C(C(=O)NC(C)CCc3ccccc3)[C@@H]4C2=O)cc1. The van der Waals surface area contributed by atoms with Gasteiger partial charge < -0.3 is 20.3 Å². The monoisotopic (exact) mass is 459 g/mol. The second-order valence-electron chi connectivity index (χ2n) is 9.49. The van der Waals surface area contributed by atoms with Crippen LogP contribution in [0.2, 0.25) is 0 Å². The number of ether oxygens (including phenoxy) is 1. The van der Waals surface area contributed by atoms with Gasteiger partial charge in [-0.25, -0.2) is 0 Å². The van der Waals surface area contributed by atoms with E-state index >= 15 is 0 Å². The lowest BCUT2D eigenvalue weighted by Crippen LogP contribution is -2.46. The van der Waals surface area contributed by atoms with Crippen LogP contribution in [0.3, 0.4) is 0 Å². The molecule has 5 rings (SSSR count). The van der Waals surface area contributed by atoms with Gasteiger partial charge >= 0.3 is 0 Å². The van der Waals surface area contributed by atoms with Gasteiger partial charge in [0.05, 0.1) is 24.5 Å². The van der Waals surface area contributed by atoms with Crippen LogP contribution in [-0.2, 0) is 25.5 Å². The van der Waals surface area contributed by atoms with Crippen LogP contribution in [0.25, 0.3) is 0 Å². The Hall–Kier alpha value is -3.45. The Bertz CT molecular complexity index is 1130. The summed E-state index contributed by atoms with van der Waals surface area (Å²) in [6, 6.07) is 17.3. The fourth-order valence-electron chi connectivity index (χ4n) is 5.38. The quantitative estimate of drug-likeness (QED) is 0.623. The molecule has 7 nitrogen and oxygen atoms in total. The summed E-state index contributed by atoms with van der Waals surface area (Å²) in [6.07, 6.45) is 5.20. The zero-order valence-corrected chi connectivity index (χ0v) is 19.4. The maximum atomic E-state index is 13.5. The van der Waals surface area contributed by atoms with Gasteiger partial charge in [0.2, 0.25) is 17.7 Å². The lowest BCUT2D eigenvalue weighted by molar-refractivity contribution is -0.132. The molecule has 2 saturated heterocycles. The summed E-state index contributed by atoms with van der Waals surface area (Å²) in [6.45, 7) is 3.82. The van der Waals surface area contributed by atoms with Crippen molar-refractivity contribution in [3.63, 3.8) is 0 Å². The Morgan fingerprint density at radius 3 is 2.59 bits per heavy atom. The smallest absolute Gasteiger partial charge is 0.234 e. The standard InChI is InChI=1S/C27H29N3O4/c1-17(8-9-19-6-4-3-5-7-19)28-25(32)23-22-14-15-27(34-22)16-30(26(33)24(23)27)21-12-10-20(11-13-21)29-18(2)31/h3-7,10-15,17,22-24H,8-9,16H2,1-2H3,(H,28,32)(H,29,31)/t17?,22-,23?,24+,27-/m0/s1. The maximum Gasteiger partial charge on any atom is 0.234 e. The van der Waals surface area contributed by atoms with E-state index in [1.54, 1.807) is 29.2 Å². The lowest BCUT2D eigenvalue weighted by atomic mass is 9.76. The number of hydrogen-bond donors (Lipinski definition) is 2. The van der Waals surface area contributed by atoms with E-state index in [4.69, 9.17) is 4.74 Å². The minimum absolute atomic E-state index is 0.0132. The molecule has 5 atom stereocenters. The molecule has 3 amide bonds. The third-order valence-corrected chi connectivity index (χ3v) is 7.00. The predicted octanol–water partition coefficient (Wildman–Crippen LogP) is 3.07. The number of fused-ring (bicyclic) bond motifs is 1. The van der Waals surface area contributed by atoms with E-state index in [9.17, 15) is 14.4 Å². The fourth-order valence-corrected chi connectivity index (χ4v) is 5.38. The summed E-state index contributed by atoms with van der Waals surface area (Å²) in [5.41, 5.74) is 1.85. The van der Waals surface area contributed by atoms with Gasteiger partial charge in [-0.1, -0.05) is 42.5 Å². The molecule has 2 bridgehead atoms. The van der Waals surface area contributed by atoms with Crippen molar-refractivity contribution < 1.29 is 19.1 Å². The fraction of sp³-hybridized carbons (Fsp3) is 0.370. The van der Waals surface area contributed by atoms with E-state index in [2.05, 4.69) is 22.8 Å². The Labute approximate surface area is 199 Å². The average Bonchev–Trinajstić information content (AvgIpc) is 3.47. The highest BCUT2D eigenvalue weighted by Gasteiger charge is 2.67. The topological polar surface area (TPSA) is 87.7 Å². The highest BCUT2D eigenvalue weighted by Crippen LogP contribution is 2.52. The molecule has 0 radical (unpaired) electrons. The van der Waals surface area contributed by atoms with Gasteiger partial charge in [0.25, 0.3) is 0 Å². The molecular weight excluding hydrogens is 430 g/mol. The number of anilines is 2. The van der Waals surface area contributed by atoms with E-state index in [1.807, 2.05) is 37.3 Å². The van der Waals surface area contributed by atoms with Gasteiger partial charge in [0.15, 0.2) is 0 Å². The molecule has 2 fully saturated rings. The van der Waals surface area contributed by atoms with Gasteiger partial charge in [-0.3, -0.25) is 14.4 Å².